The lowest BCUT2D eigenvalue weighted by Crippen LogP contribution is -2.14. The molecule has 2 nitrogen and oxygen atoms in total. The van der Waals surface area contributed by atoms with Crippen molar-refractivity contribution in [3.05, 3.63) is 60.7 Å². The van der Waals surface area contributed by atoms with E-state index in [2.05, 4.69) is 60.5 Å². The summed E-state index contributed by atoms with van der Waals surface area (Å²) in [4.78, 5) is 4.83. The minimum atomic E-state index is 0.952. The van der Waals surface area contributed by atoms with Crippen molar-refractivity contribution in [3.8, 4) is 0 Å². The fourth-order valence-electron chi connectivity index (χ4n) is 3.20. The quantitative estimate of drug-likeness (QED) is 0.407. The number of furan rings is 1. The summed E-state index contributed by atoms with van der Waals surface area (Å²) in [7, 11) is 2.13. The predicted octanol–water partition coefficient (Wildman–Crippen LogP) is 5.82. The van der Waals surface area contributed by atoms with E-state index in [0.29, 0.717) is 0 Å². The Morgan fingerprint density at radius 1 is 0.818 bits per heavy atom. The molecule has 0 N–H and O–H groups in total. The molecule has 22 heavy (non-hydrogen) atoms. The predicted molar refractivity (Wildman–Crippen MR) is 92.3 cm³/mol. The first-order chi connectivity index (χ1) is 10.8. The van der Waals surface area contributed by atoms with Gasteiger partial charge in [0, 0.05) is 27.6 Å². The maximum absolute atomic E-state index is 6.01. The van der Waals surface area contributed by atoms with Crippen molar-refractivity contribution in [2.24, 2.45) is 0 Å². The zero-order valence-corrected chi connectivity index (χ0v) is 12.9. The number of anilines is 2. The fraction of sp³-hybridized carbons (Fsp3) is 0.0526. The number of fused-ring (bicyclic) bond motifs is 6. The molecule has 0 saturated carbocycles. The molecule has 0 fully saturated rings. The van der Waals surface area contributed by atoms with E-state index in [9.17, 15) is 0 Å². The van der Waals surface area contributed by atoms with Gasteiger partial charge in [0.2, 0.25) is 0 Å². The summed E-state index contributed by atoms with van der Waals surface area (Å²) < 4.78 is 6.01. The number of benzene rings is 3. The Morgan fingerprint density at radius 2 is 1.64 bits per heavy atom. The molecule has 0 spiro atoms. The number of para-hydroxylation sites is 2. The summed E-state index contributed by atoms with van der Waals surface area (Å²) in [6.07, 6.45) is 0. The highest BCUT2D eigenvalue weighted by Gasteiger charge is 2.24. The summed E-state index contributed by atoms with van der Waals surface area (Å²) in [5.41, 5.74) is 4.41. The van der Waals surface area contributed by atoms with Crippen molar-refractivity contribution >= 4 is 45.1 Å². The van der Waals surface area contributed by atoms with Crippen LogP contribution in [0.4, 0.5) is 11.4 Å². The summed E-state index contributed by atoms with van der Waals surface area (Å²) in [5.74, 6) is 0. The van der Waals surface area contributed by atoms with Gasteiger partial charge in [-0.2, -0.15) is 0 Å². The normalized spacial score (nSPS) is 13.4. The van der Waals surface area contributed by atoms with Crippen LogP contribution in [-0.4, -0.2) is 7.05 Å². The largest absolute Gasteiger partial charge is 0.456 e. The molecule has 1 aliphatic rings. The maximum atomic E-state index is 6.01. The second kappa shape index (κ2) is 4.31. The van der Waals surface area contributed by atoms with Crippen LogP contribution in [0.25, 0.3) is 21.9 Å². The lowest BCUT2D eigenvalue weighted by atomic mass is 10.1. The van der Waals surface area contributed by atoms with Crippen molar-refractivity contribution in [3.63, 3.8) is 0 Å². The third-order valence-corrected chi connectivity index (χ3v) is 5.46. The first-order valence-electron chi connectivity index (χ1n) is 7.28. The lowest BCUT2D eigenvalue weighted by molar-refractivity contribution is 0.668. The van der Waals surface area contributed by atoms with Crippen molar-refractivity contribution < 1.29 is 4.42 Å². The van der Waals surface area contributed by atoms with E-state index in [1.165, 1.54) is 31.9 Å². The highest BCUT2D eigenvalue weighted by molar-refractivity contribution is 8.00. The molecule has 5 rings (SSSR count). The van der Waals surface area contributed by atoms with E-state index in [0.717, 1.165) is 11.2 Å². The van der Waals surface area contributed by atoms with Crippen LogP contribution in [0.5, 0.6) is 0 Å². The average Bonchev–Trinajstić information content (AvgIpc) is 2.94. The lowest BCUT2D eigenvalue weighted by Gasteiger charge is -2.29. The summed E-state index contributed by atoms with van der Waals surface area (Å²) >= 11 is 1.83. The second-order valence-electron chi connectivity index (χ2n) is 5.51. The molecule has 3 heteroatoms. The topological polar surface area (TPSA) is 16.4 Å². The molecule has 0 atom stereocenters. The zero-order chi connectivity index (χ0) is 14.7. The van der Waals surface area contributed by atoms with E-state index in [4.69, 9.17) is 4.42 Å². The molecule has 0 unspecified atom stereocenters. The van der Waals surface area contributed by atoms with Gasteiger partial charge in [-0.05, 0) is 30.3 Å². The molecule has 106 valence electrons. The molecule has 0 radical (unpaired) electrons. The van der Waals surface area contributed by atoms with Crippen LogP contribution in [0.1, 0.15) is 0 Å². The Morgan fingerprint density at radius 3 is 2.59 bits per heavy atom. The summed E-state index contributed by atoms with van der Waals surface area (Å²) in [5, 5.41) is 2.41. The molecule has 0 saturated heterocycles. The van der Waals surface area contributed by atoms with Crippen LogP contribution in [0.2, 0.25) is 0 Å². The van der Waals surface area contributed by atoms with Gasteiger partial charge in [0.25, 0.3) is 0 Å². The standard InChI is InChI=1S/C19H13NOS/c1-20-13-7-3-5-9-17(13)22-19-14(20)10-11-16-18(19)12-6-2-4-8-15(12)21-16/h2-11H,1H3. The van der Waals surface area contributed by atoms with Crippen LogP contribution in [0.3, 0.4) is 0 Å². The van der Waals surface area contributed by atoms with Gasteiger partial charge < -0.3 is 9.32 Å². The average molecular weight is 303 g/mol. The molecule has 4 aromatic rings. The van der Waals surface area contributed by atoms with Crippen molar-refractivity contribution in [1.29, 1.82) is 0 Å². The van der Waals surface area contributed by atoms with Gasteiger partial charge in [-0.15, -0.1) is 0 Å². The molecule has 1 aromatic heterocycles. The zero-order valence-electron chi connectivity index (χ0n) is 12.0. The summed E-state index contributed by atoms with van der Waals surface area (Å²) in [6, 6.07) is 21.0. The van der Waals surface area contributed by atoms with Crippen LogP contribution >= 0.6 is 11.8 Å². The van der Waals surface area contributed by atoms with E-state index < -0.39 is 0 Å². The third-order valence-electron chi connectivity index (χ3n) is 4.27. The van der Waals surface area contributed by atoms with Crippen LogP contribution < -0.4 is 4.90 Å². The monoisotopic (exact) mass is 303 g/mol. The van der Waals surface area contributed by atoms with Gasteiger partial charge in [-0.1, -0.05) is 42.1 Å². The SMILES string of the molecule is CN1c2ccccc2Sc2c1ccc1oc3ccccc3c21. The minimum absolute atomic E-state index is 0.952. The van der Waals surface area contributed by atoms with Gasteiger partial charge in [-0.3, -0.25) is 0 Å². The van der Waals surface area contributed by atoms with Gasteiger partial charge in [0.15, 0.2) is 0 Å². The third kappa shape index (κ3) is 1.52. The second-order valence-corrected chi connectivity index (χ2v) is 6.57. The van der Waals surface area contributed by atoms with Gasteiger partial charge >= 0.3 is 0 Å². The Hall–Kier alpha value is -2.39. The van der Waals surface area contributed by atoms with Crippen molar-refractivity contribution in [2.75, 3.05) is 11.9 Å². The van der Waals surface area contributed by atoms with Gasteiger partial charge in [0.1, 0.15) is 11.2 Å². The fourth-order valence-corrected chi connectivity index (χ4v) is 4.50. The van der Waals surface area contributed by atoms with Crippen molar-refractivity contribution in [2.45, 2.75) is 9.79 Å². The Labute approximate surface area is 132 Å². The molecule has 0 aliphatic carbocycles. The highest BCUT2D eigenvalue weighted by atomic mass is 32.2. The number of nitrogens with zero attached hydrogens (tertiary/aromatic N) is 1. The number of rotatable bonds is 0. The van der Waals surface area contributed by atoms with Crippen LogP contribution in [-0.2, 0) is 0 Å². The van der Waals surface area contributed by atoms with E-state index in [-0.39, 0.29) is 0 Å². The Balaban J connectivity index is 1.89. The number of hydrogen-bond acceptors (Lipinski definition) is 3. The van der Waals surface area contributed by atoms with E-state index in [1.54, 1.807) is 0 Å². The molecule has 2 heterocycles. The molecular weight excluding hydrogens is 290 g/mol. The van der Waals surface area contributed by atoms with Crippen LogP contribution in [0.15, 0.2) is 74.9 Å². The van der Waals surface area contributed by atoms with Gasteiger partial charge in [-0.25, -0.2) is 0 Å². The van der Waals surface area contributed by atoms with Crippen LogP contribution in [0, 0.1) is 0 Å². The van der Waals surface area contributed by atoms with E-state index in [1.807, 2.05) is 23.9 Å². The van der Waals surface area contributed by atoms with Gasteiger partial charge in [0.05, 0.1) is 11.4 Å². The maximum Gasteiger partial charge on any atom is 0.136 e. The highest BCUT2D eigenvalue weighted by Crippen LogP contribution is 2.51. The van der Waals surface area contributed by atoms with E-state index >= 15 is 0 Å². The first-order valence-corrected chi connectivity index (χ1v) is 8.09. The van der Waals surface area contributed by atoms with Crippen molar-refractivity contribution in [1.82, 2.24) is 0 Å². The molecule has 3 aromatic carbocycles. The smallest absolute Gasteiger partial charge is 0.136 e. The Bertz CT molecular complexity index is 1030. The summed E-state index contributed by atoms with van der Waals surface area (Å²) in [6.45, 7) is 0. The molecule has 1 aliphatic heterocycles. The molecular formula is C19H13NOS. The number of hydrogen-bond donors (Lipinski definition) is 0. The molecule has 0 bridgehead atoms. The minimum Gasteiger partial charge on any atom is -0.456 e. The molecule has 0 amide bonds. The first kappa shape index (κ1) is 12.2. The Kier molecular flexibility index (Phi) is 2.38.